The molecule has 0 saturated carbocycles. The molecule has 0 saturated heterocycles. The molecule has 0 aliphatic heterocycles. The second-order valence-electron chi connectivity index (χ2n) is 6.96. The van der Waals surface area contributed by atoms with Gasteiger partial charge in [0, 0.05) is 23.6 Å². The molecule has 0 amide bonds. The van der Waals surface area contributed by atoms with Gasteiger partial charge in [0.15, 0.2) is 17.5 Å². The van der Waals surface area contributed by atoms with Crippen LogP contribution in [0.3, 0.4) is 0 Å². The second-order valence-corrected chi connectivity index (χ2v) is 8.24. The molecule has 0 aliphatic carbocycles. The predicted molar refractivity (Wildman–Crippen MR) is 115 cm³/mol. The number of benzene rings is 2. The maximum Gasteiger partial charge on any atom is 0.173 e. The number of aromatic nitrogens is 2. The molecule has 0 bridgehead atoms. The molecule has 7 heteroatoms. The molecule has 29 heavy (non-hydrogen) atoms. The van der Waals surface area contributed by atoms with E-state index in [1.165, 1.54) is 23.7 Å². The maximum absolute atomic E-state index is 13.4. The van der Waals surface area contributed by atoms with Gasteiger partial charge in [0.1, 0.15) is 5.01 Å². The number of nitrogens with zero attached hydrogens (tertiary/aromatic N) is 3. The van der Waals surface area contributed by atoms with E-state index in [0.29, 0.717) is 11.4 Å². The Morgan fingerprint density at radius 2 is 1.76 bits per heavy atom. The molecule has 1 heterocycles. The predicted octanol–water partition coefficient (Wildman–Crippen LogP) is 6.02. The zero-order valence-corrected chi connectivity index (χ0v) is 17.9. The van der Waals surface area contributed by atoms with Crippen LogP contribution in [0.5, 0.6) is 0 Å². The third-order valence-corrected chi connectivity index (χ3v) is 5.70. The molecule has 3 nitrogen and oxygen atoms in total. The lowest BCUT2D eigenvalue weighted by Crippen LogP contribution is -2.28. The first kappa shape index (κ1) is 21.8. The van der Waals surface area contributed by atoms with Crippen molar-refractivity contribution < 1.29 is 8.78 Å². The minimum absolute atomic E-state index is 0.698. The van der Waals surface area contributed by atoms with Crippen LogP contribution in [0.4, 0.5) is 8.78 Å². The van der Waals surface area contributed by atoms with E-state index >= 15 is 0 Å². The number of aryl methyl sites for hydroxylation is 1. The Balaban J connectivity index is 1.49. The number of hydrogen-bond donors (Lipinski definition) is 0. The van der Waals surface area contributed by atoms with Gasteiger partial charge < -0.3 is 4.90 Å². The lowest BCUT2D eigenvalue weighted by molar-refractivity contribution is 0.274. The van der Waals surface area contributed by atoms with Crippen LogP contribution < -0.4 is 0 Å². The van der Waals surface area contributed by atoms with E-state index in [1.807, 2.05) is 24.3 Å². The molecule has 0 aliphatic rings. The molecule has 3 rings (SSSR count). The van der Waals surface area contributed by atoms with Crippen LogP contribution >= 0.6 is 23.1 Å². The standard InChI is InChI=1S/C22H24ClF2N3S/c1-2-12-28(14-11-16-5-10-19(24)20(25)15-16)13-3-4-21-26-22(27-29-21)17-6-8-18(23)9-7-17/h5-10,15H,2-4,11-14H2,1H3. The zero-order chi connectivity index (χ0) is 20.6. The topological polar surface area (TPSA) is 29.0 Å². The van der Waals surface area contributed by atoms with Gasteiger partial charge >= 0.3 is 0 Å². The Morgan fingerprint density at radius 1 is 0.966 bits per heavy atom. The third kappa shape index (κ3) is 6.56. The number of rotatable bonds is 10. The highest BCUT2D eigenvalue weighted by Crippen LogP contribution is 2.21. The molecule has 0 fully saturated rings. The maximum atomic E-state index is 13.4. The minimum atomic E-state index is -0.797. The molecular formula is C22H24ClF2N3S. The summed E-state index contributed by atoms with van der Waals surface area (Å²) >= 11 is 7.37. The normalized spacial score (nSPS) is 11.3. The van der Waals surface area contributed by atoms with E-state index < -0.39 is 11.6 Å². The molecular weight excluding hydrogens is 412 g/mol. The van der Waals surface area contributed by atoms with E-state index in [-0.39, 0.29) is 0 Å². The van der Waals surface area contributed by atoms with Crippen molar-refractivity contribution >= 4 is 23.1 Å². The fraction of sp³-hybridized carbons (Fsp3) is 0.364. The van der Waals surface area contributed by atoms with Crippen LogP contribution in [0.2, 0.25) is 5.02 Å². The zero-order valence-electron chi connectivity index (χ0n) is 16.4. The van der Waals surface area contributed by atoms with Crippen LogP contribution in [0, 0.1) is 11.6 Å². The van der Waals surface area contributed by atoms with Crippen LogP contribution in [-0.4, -0.2) is 33.9 Å². The average molecular weight is 436 g/mol. The summed E-state index contributed by atoms with van der Waals surface area (Å²) in [6.45, 7) is 4.89. The molecule has 3 aromatic rings. The fourth-order valence-corrected chi connectivity index (χ4v) is 3.99. The largest absolute Gasteiger partial charge is 0.303 e. The molecule has 2 aromatic carbocycles. The van der Waals surface area contributed by atoms with Gasteiger partial charge in [-0.05, 0) is 85.8 Å². The molecule has 0 spiro atoms. The van der Waals surface area contributed by atoms with Crippen molar-refractivity contribution in [2.24, 2.45) is 0 Å². The molecule has 0 N–H and O–H groups in total. The van der Waals surface area contributed by atoms with Gasteiger partial charge in [0.2, 0.25) is 0 Å². The molecule has 1 aromatic heterocycles. The van der Waals surface area contributed by atoms with E-state index in [9.17, 15) is 8.78 Å². The summed E-state index contributed by atoms with van der Waals surface area (Å²) in [6.07, 6.45) is 3.61. The van der Waals surface area contributed by atoms with Gasteiger partial charge in [0.05, 0.1) is 0 Å². The first-order valence-electron chi connectivity index (χ1n) is 9.80. The van der Waals surface area contributed by atoms with Crippen molar-refractivity contribution in [3.05, 3.63) is 69.7 Å². The Labute approximate surface area is 179 Å². The summed E-state index contributed by atoms with van der Waals surface area (Å²) in [5, 5.41) is 1.72. The van der Waals surface area contributed by atoms with Gasteiger partial charge in [-0.25, -0.2) is 13.8 Å². The summed E-state index contributed by atoms with van der Waals surface area (Å²) in [5.41, 5.74) is 1.79. The second kappa shape index (κ2) is 10.8. The van der Waals surface area contributed by atoms with Crippen molar-refractivity contribution in [1.29, 1.82) is 0 Å². The van der Waals surface area contributed by atoms with Crippen molar-refractivity contribution in [1.82, 2.24) is 14.3 Å². The Morgan fingerprint density at radius 3 is 2.48 bits per heavy atom. The molecule has 0 unspecified atom stereocenters. The van der Waals surface area contributed by atoms with E-state index in [2.05, 4.69) is 21.2 Å². The van der Waals surface area contributed by atoms with Gasteiger partial charge in [-0.1, -0.05) is 24.6 Å². The van der Waals surface area contributed by atoms with Gasteiger partial charge in [-0.2, -0.15) is 4.37 Å². The average Bonchev–Trinajstić information content (AvgIpc) is 3.18. The highest BCUT2D eigenvalue weighted by Gasteiger charge is 2.10. The summed E-state index contributed by atoms with van der Waals surface area (Å²) in [4.78, 5) is 7.00. The molecule has 154 valence electrons. The van der Waals surface area contributed by atoms with Crippen LogP contribution in [0.15, 0.2) is 42.5 Å². The summed E-state index contributed by atoms with van der Waals surface area (Å²) in [6, 6.07) is 11.7. The van der Waals surface area contributed by atoms with Crippen LogP contribution in [0.1, 0.15) is 30.3 Å². The number of halogens is 3. The summed E-state index contributed by atoms with van der Waals surface area (Å²) < 4.78 is 30.9. The third-order valence-electron chi connectivity index (χ3n) is 4.68. The molecule has 0 atom stereocenters. The highest BCUT2D eigenvalue weighted by molar-refractivity contribution is 7.05. The summed E-state index contributed by atoms with van der Waals surface area (Å²) in [5.74, 6) is -0.836. The SMILES string of the molecule is CCCN(CCCc1nc(-c2ccc(Cl)cc2)ns1)CCc1ccc(F)c(F)c1. The van der Waals surface area contributed by atoms with Crippen LogP contribution in [-0.2, 0) is 12.8 Å². The smallest absolute Gasteiger partial charge is 0.173 e. The highest BCUT2D eigenvalue weighted by atomic mass is 35.5. The monoisotopic (exact) mass is 435 g/mol. The molecule has 0 radical (unpaired) electrons. The lowest BCUT2D eigenvalue weighted by atomic mass is 10.1. The van der Waals surface area contributed by atoms with Gasteiger partial charge in [0.25, 0.3) is 0 Å². The van der Waals surface area contributed by atoms with E-state index in [0.717, 1.165) is 60.9 Å². The quantitative estimate of drug-likeness (QED) is 0.389. The Hall–Kier alpha value is -1.89. The van der Waals surface area contributed by atoms with Crippen LogP contribution in [0.25, 0.3) is 11.4 Å². The van der Waals surface area contributed by atoms with Crippen molar-refractivity contribution in [2.45, 2.75) is 32.6 Å². The number of hydrogen-bond acceptors (Lipinski definition) is 4. The first-order valence-corrected chi connectivity index (χ1v) is 10.9. The van der Waals surface area contributed by atoms with Gasteiger partial charge in [-0.3, -0.25) is 0 Å². The van der Waals surface area contributed by atoms with E-state index in [4.69, 9.17) is 11.6 Å². The minimum Gasteiger partial charge on any atom is -0.303 e. The van der Waals surface area contributed by atoms with Gasteiger partial charge in [-0.15, -0.1) is 0 Å². The Kier molecular flexibility index (Phi) is 8.09. The lowest BCUT2D eigenvalue weighted by Gasteiger charge is -2.21. The van der Waals surface area contributed by atoms with Crippen molar-refractivity contribution in [3.8, 4) is 11.4 Å². The van der Waals surface area contributed by atoms with Crippen molar-refractivity contribution in [2.75, 3.05) is 19.6 Å². The van der Waals surface area contributed by atoms with Crippen molar-refractivity contribution in [3.63, 3.8) is 0 Å². The summed E-state index contributed by atoms with van der Waals surface area (Å²) in [7, 11) is 0. The Bertz CT molecular complexity index is 915. The first-order chi connectivity index (χ1) is 14.0. The fourth-order valence-electron chi connectivity index (χ4n) is 3.16. The van der Waals surface area contributed by atoms with E-state index in [1.54, 1.807) is 6.07 Å².